The van der Waals surface area contributed by atoms with Gasteiger partial charge in [-0.3, -0.25) is 4.79 Å². The molecule has 0 saturated carbocycles. The Balaban J connectivity index is 2.09. The lowest BCUT2D eigenvalue weighted by molar-refractivity contribution is -0.118. The third kappa shape index (κ3) is 1.79. The van der Waals surface area contributed by atoms with Gasteiger partial charge in [-0.2, -0.15) is 0 Å². The minimum Gasteiger partial charge on any atom is -0.486 e. The van der Waals surface area contributed by atoms with Gasteiger partial charge in [-0.25, -0.2) is 0 Å². The highest BCUT2D eigenvalue weighted by molar-refractivity contribution is 5.77. The van der Waals surface area contributed by atoms with Crippen LogP contribution >= 0.6 is 0 Å². The molecule has 4 heteroatoms. The summed E-state index contributed by atoms with van der Waals surface area (Å²) in [5, 5.41) is 0. The van der Waals surface area contributed by atoms with Gasteiger partial charge in [0.15, 0.2) is 17.3 Å². The molecule has 2 rings (SSSR count). The first-order chi connectivity index (χ1) is 6.75. The third-order valence-corrected chi connectivity index (χ3v) is 1.79. The van der Waals surface area contributed by atoms with Crippen LogP contribution in [-0.4, -0.2) is 19.2 Å². The monoisotopic (exact) mass is 194 g/mol. The zero-order chi connectivity index (χ0) is 9.97. The highest BCUT2D eigenvalue weighted by Gasteiger charge is 2.13. The van der Waals surface area contributed by atoms with E-state index < -0.39 is 0 Å². The van der Waals surface area contributed by atoms with E-state index in [0.717, 1.165) is 0 Å². The van der Waals surface area contributed by atoms with Crippen molar-refractivity contribution in [3.8, 4) is 17.2 Å². The van der Waals surface area contributed by atoms with Gasteiger partial charge in [0.05, 0.1) is 0 Å². The van der Waals surface area contributed by atoms with Crippen molar-refractivity contribution in [1.82, 2.24) is 0 Å². The third-order valence-electron chi connectivity index (χ3n) is 1.79. The molecule has 0 atom stereocenters. The van der Waals surface area contributed by atoms with Crippen LogP contribution in [0.4, 0.5) is 0 Å². The Labute approximate surface area is 81.4 Å². The van der Waals surface area contributed by atoms with Crippen molar-refractivity contribution in [1.29, 1.82) is 0 Å². The molecule has 0 amide bonds. The fraction of sp³-hybridized carbons (Fsp3) is 0.300. The van der Waals surface area contributed by atoms with E-state index in [-0.39, 0.29) is 19.2 Å². The van der Waals surface area contributed by atoms with E-state index in [1.165, 1.54) is 6.92 Å². The number of carbonyl (C=O) groups is 1. The van der Waals surface area contributed by atoms with Gasteiger partial charge in [0.1, 0.15) is 12.4 Å². The van der Waals surface area contributed by atoms with Crippen LogP contribution in [-0.2, 0) is 4.79 Å². The van der Waals surface area contributed by atoms with Crippen molar-refractivity contribution in [3.05, 3.63) is 18.2 Å². The molecule has 0 aliphatic carbocycles. The van der Waals surface area contributed by atoms with Crippen LogP contribution in [0.2, 0.25) is 0 Å². The van der Waals surface area contributed by atoms with Crippen LogP contribution < -0.4 is 14.2 Å². The molecule has 4 nitrogen and oxygen atoms in total. The van der Waals surface area contributed by atoms with Gasteiger partial charge < -0.3 is 14.2 Å². The highest BCUT2D eigenvalue weighted by Crippen LogP contribution is 2.34. The average molecular weight is 194 g/mol. The number of ether oxygens (including phenoxy) is 3. The van der Waals surface area contributed by atoms with Gasteiger partial charge in [0.2, 0.25) is 6.79 Å². The molecule has 1 aromatic rings. The van der Waals surface area contributed by atoms with Gasteiger partial charge in [-0.05, 0) is 19.1 Å². The van der Waals surface area contributed by atoms with Crippen molar-refractivity contribution in [3.63, 3.8) is 0 Å². The van der Waals surface area contributed by atoms with Crippen molar-refractivity contribution < 1.29 is 19.0 Å². The van der Waals surface area contributed by atoms with Gasteiger partial charge in [-0.1, -0.05) is 0 Å². The number of hydrogen-bond donors (Lipinski definition) is 0. The molecule has 0 unspecified atom stereocenters. The lowest BCUT2D eigenvalue weighted by Crippen LogP contribution is -2.06. The molecule has 1 aliphatic rings. The second-order valence-electron chi connectivity index (χ2n) is 3.01. The first kappa shape index (κ1) is 8.87. The lowest BCUT2D eigenvalue weighted by Gasteiger charge is -2.04. The van der Waals surface area contributed by atoms with Crippen molar-refractivity contribution in [2.45, 2.75) is 6.92 Å². The van der Waals surface area contributed by atoms with Crippen LogP contribution in [0, 0.1) is 0 Å². The molecule has 0 aromatic heterocycles. The van der Waals surface area contributed by atoms with Crippen LogP contribution in [0.25, 0.3) is 0 Å². The van der Waals surface area contributed by atoms with E-state index in [1.54, 1.807) is 18.2 Å². The molecule has 0 spiro atoms. The standard InChI is InChI=1S/C10H10O4/c1-7(11)5-12-8-2-3-9-10(4-8)14-6-13-9/h2-4H,5-6H2,1H3. The minimum atomic E-state index is -0.0114. The number of hydrogen-bond acceptors (Lipinski definition) is 4. The number of carbonyl (C=O) groups excluding carboxylic acids is 1. The minimum absolute atomic E-state index is 0.0114. The largest absolute Gasteiger partial charge is 0.486 e. The Bertz CT molecular complexity index is 359. The molecule has 1 aliphatic heterocycles. The molecular weight excluding hydrogens is 184 g/mol. The quantitative estimate of drug-likeness (QED) is 0.729. The van der Waals surface area contributed by atoms with Crippen LogP contribution in [0.1, 0.15) is 6.92 Å². The van der Waals surface area contributed by atoms with Crippen LogP contribution in [0.3, 0.4) is 0 Å². The Kier molecular flexibility index (Phi) is 2.26. The summed E-state index contributed by atoms with van der Waals surface area (Å²) in [5.41, 5.74) is 0. The summed E-state index contributed by atoms with van der Waals surface area (Å²) in [5.74, 6) is 1.97. The SMILES string of the molecule is CC(=O)COc1ccc2c(c1)OCO2. The van der Waals surface area contributed by atoms with Gasteiger partial charge in [0.25, 0.3) is 0 Å². The summed E-state index contributed by atoms with van der Waals surface area (Å²) < 4.78 is 15.5. The maximum absolute atomic E-state index is 10.7. The fourth-order valence-electron chi connectivity index (χ4n) is 1.15. The maximum Gasteiger partial charge on any atom is 0.231 e. The van der Waals surface area contributed by atoms with Crippen molar-refractivity contribution in [2.24, 2.45) is 0 Å². The Hall–Kier alpha value is -1.71. The van der Waals surface area contributed by atoms with E-state index in [2.05, 4.69) is 0 Å². The highest BCUT2D eigenvalue weighted by atomic mass is 16.7. The Morgan fingerprint density at radius 1 is 1.43 bits per heavy atom. The number of fused-ring (bicyclic) bond motifs is 1. The van der Waals surface area contributed by atoms with Gasteiger partial charge in [0, 0.05) is 6.07 Å². The summed E-state index contributed by atoms with van der Waals surface area (Å²) in [6.07, 6.45) is 0. The maximum atomic E-state index is 10.7. The number of rotatable bonds is 3. The van der Waals surface area contributed by atoms with E-state index >= 15 is 0 Å². The van der Waals surface area contributed by atoms with E-state index in [4.69, 9.17) is 14.2 Å². The van der Waals surface area contributed by atoms with Gasteiger partial charge in [-0.15, -0.1) is 0 Å². The summed E-state index contributed by atoms with van der Waals surface area (Å²) in [7, 11) is 0. The predicted molar refractivity (Wildman–Crippen MR) is 48.7 cm³/mol. The second-order valence-corrected chi connectivity index (χ2v) is 3.01. The molecule has 74 valence electrons. The molecule has 0 N–H and O–H groups in total. The van der Waals surface area contributed by atoms with Gasteiger partial charge >= 0.3 is 0 Å². The van der Waals surface area contributed by atoms with Crippen LogP contribution in [0.15, 0.2) is 18.2 Å². The zero-order valence-corrected chi connectivity index (χ0v) is 7.78. The molecule has 1 aromatic carbocycles. The van der Waals surface area contributed by atoms with Crippen molar-refractivity contribution in [2.75, 3.05) is 13.4 Å². The summed E-state index contributed by atoms with van der Waals surface area (Å²) in [4.78, 5) is 10.7. The predicted octanol–water partition coefficient (Wildman–Crippen LogP) is 1.38. The lowest BCUT2D eigenvalue weighted by atomic mass is 10.3. The number of ketones is 1. The first-order valence-electron chi connectivity index (χ1n) is 4.27. The molecule has 1 heterocycles. The average Bonchev–Trinajstić information content (AvgIpc) is 2.61. The zero-order valence-electron chi connectivity index (χ0n) is 7.78. The number of benzene rings is 1. The van der Waals surface area contributed by atoms with E-state index in [0.29, 0.717) is 17.2 Å². The smallest absolute Gasteiger partial charge is 0.231 e. The summed E-state index contributed by atoms with van der Waals surface area (Å²) in [6, 6.07) is 5.22. The van der Waals surface area contributed by atoms with Crippen molar-refractivity contribution >= 4 is 5.78 Å². The molecule has 14 heavy (non-hydrogen) atoms. The molecule has 0 bridgehead atoms. The Morgan fingerprint density at radius 3 is 3.00 bits per heavy atom. The molecular formula is C10H10O4. The fourth-order valence-corrected chi connectivity index (χ4v) is 1.15. The second kappa shape index (κ2) is 3.57. The van der Waals surface area contributed by atoms with E-state index in [9.17, 15) is 4.79 Å². The number of Topliss-reactive ketones (excluding diaryl/α,β-unsaturated/α-hetero) is 1. The normalized spacial score (nSPS) is 12.6. The van der Waals surface area contributed by atoms with E-state index in [1.807, 2.05) is 0 Å². The molecule has 0 radical (unpaired) electrons. The topological polar surface area (TPSA) is 44.8 Å². The molecule has 0 fully saturated rings. The summed E-state index contributed by atoms with van der Waals surface area (Å²) in [6.45, 7) is 1.80. The Morgan fingerprint density at radius 2 is 2.21 bits per heavy atom. The summed E-state index contributed by atoms with van der Waals surface area (Å²) >= 11 is 0. The van der Waals surface area contributed by atoms with Crippen LogP contribution in [0.5, 0.6) is 17.2 Å². The first-order valence-corrected chi connectivity index (χ1v) is 4.27. The molecule has 0 saturated heterocycles.